The Hall–Kier alpha value is -3.80. The van der Waals surface area contributed by atoms with E-state index in [1.54, 1.807) is 45.1 Å². The van der Waals surface area contributed by atoms with Crippen LogP contribution in [0.5, 0.6) is 0 Å². The fraction of sp³-hybridized carbons (Fsp3) is 0.484. The third-order valence-electron chi connectivity index (χ3n) is 7.22. The first kappa shape index (κ1) is 34.4. The van der Waals surface area contributed by atoms with E-state index in [0.29, 0.717) is 12.0 Å². The van der Waals surface area contributed by atoms with Gasteiger partial charge in [0.1, 0.15) is 6.10 Å². The lowest BCUT2D eigenvalue weighted by Crippen LogP contribution is -2.37. The first-order valence-corrected chi connectivity index (χ1v) is 13.8. The highest BCUT2D eigenvalue weighted by atomic mass is 16.6. The minimum Gasteiger partial charge on any atom is -0.439 e. The Morgan fingerprint density at radius 1 is 1.21 bits per heavy atom. The minimum atomic E-state index is -1.00. The van der Waals surface area contributed by atoms with Crippen LogP contribution in [0.1, 0.15) is 40.5 Å². The van der Waals surface area contributed by atoms with Crippen molar-refractivity contribution in [2.75, 3.05) is 20.8 Å². The number of aliphatic hydroxyl groups excluding tert-OH is 1. The summed E-state index contributed by atoms with van der Waals surface area (Å²) in [6, 6.07) is 0. The lowest BCUT2D eigenvalue weighted by molar-refractivity contribution is -0.120. The van der Waals surface area contributed by atoms with Gasteiger partial charge in [-0.25, -0.2) is 4.79 Å². The molecule has 0 aromatic heterocycles. The van der Waals surface area contributed by atoms with Crippen LogP contribution in [0.2, 0.25) is 0 Å². The second-order valence-corrected chi connectivity index (χ2v) is 10.6. The summed E-state index contributed by atoms with van der Waals surface area (Å²) < 4.78 is 16.6. The van der Waals surface area contributed by atoms with Crippen LogP contribution in [0, 0.1) is 11.8 Å². The molecule has 2 bridgehead atoms. The quantitative estimate of drug-likeness (QED) is 0.271. The number of nitrogens with one attached hydrogen (secondary N) is 2. The molecule has 0 aromatic carbocycles. The lowest BCUT2D eigenvalue weighted by atomic mass is 9.85. The van der Waals surface area contributed by atoms with Crippen molar-refractivity contribution in [1.82, 2.24) is 10.6 Å². The Balaban J connectivity index is 2.62. The molecule has 1 heterocycles. The molecule has 6 atom stereocenters. The van der Waals surface area contributed by atoms with Gasteiger partial charge in [0.15, 0.2) is 6.10 Å². The highest BCUT2D eigenvalue weighted by Gasteiger charge is 2.33. The number of methoxy groups -OCH3 is 2. The number of allylic oxidation sites excluding steroid dienone is 4. The molecule has 1 aliphatic carbocycles. The molecule has 0 aromatic rings. The number of nitrogens with two attached hydrogens (primary N) is 1. The second-order valence-electron chi connectivity index (χ2n) is 10.6. The van der Waals surface area contributed by atoms with Crippen molar-refractivity contribution in [2.45, 2.75) is 65.0 Å². The Morgan fingerprint density at radius 3 is 2.50 bits per heavy atom. The zero-order chi connectivity index (χ0) is 31.6. The highest BCUT2D eigenvalue weighted by Crippen LogP contribution is 2.28. The van der Waals surface area contributed by atoms with Crippen LogP contribution >= 0.6 is 0 Å². The molecule has 5 N–H and O–H groups in total. The van der Waals surface area contributed by atoms with Gasteiger partial charge in [-0.1, -0.05) is 44.2 Å². The molecule has 0 radical (unpaired) electrons. The number of aliphatic hydroxyl groups is 1. The van der Waals surface area contributed by atoms with E-state index in [2.05, 4.69) is 17.2 Å². The van der Waals surface area contributed by atoms with E-state index in [0.717, 1.165) is 6.08 Å². The largest absolute Gasteiger partial charge is 0.439 e. The Labute approximate surface area is 247 Å². The van der Waals surface area contributed by atoms with Gasteiger partial charge in [-0.15, -0.1) is 6.58 Å². The molecule has 2 amide bonds. The first-order chi connectivity index (χ1) is 19.8. The first-order valence-electron chi connectivity index (χ1n) is 13.8. The third kappa shape index (κ3) is 9.10. The molecular weight excluding hydrogens is 542 g/mol. The Morgan fingerprint density at radius 2 is 1.90 bits per heavy atom. The normalized spacial score (nSPS) is 31.6. The molecule has 0 spiro atoms. The van der Waals surface area contributed by atoms with E-state index in [4.69, 9.17) is 19.9 Å². The van der Waals surface area contributed by atoms with Crippen LogP contribution in [0.25, 0.3) is 0 Å². The monoisotopic (exact) mass is 585 g/mol. The van der Waals surface area contributed by atoms with Crippen molar-refractivity contribution in [2.24, 2.45) is 17.6 Å². The number of carbonyl (C=O) groups excluding carboxylic acids is 4. The number of ether oxygens (including phenoxy) is 3. The topological polar surface area (TPSA) is 166 Å². The average molecular weight is 586 g/mol. The van der Waals surface area contributed by atoms with E-state index in [-0.39, 0.29) is 41.4 Å². The maximum Gasteiger partial charge on any atom is 0.405 e. The summed E-state index contributed by atoms with van der Waals surface area (Å²) in [5.41, 5.74) is 6.42. The van der Waals surface area contributed by atoms with E-state index in [1.165, 1.54) is 20.3 Å². The zero-order valence-corrected chi connectivity index (χ0v) is 25.1. The third-order valence-corrected chi connectivity index (χ3v) is 7.22. The summed E-state index contributed by atoms with van der Waals surface area (Å²) >= 11 is 0. The van der Waals surface area contributed by atoms with Gasteiger partial charge in [0.05, 0.1) is 23.6 Å². The van der Waals surface area contributed by atoms with Crippen LogP contribution in [0.15, 0.2) is 71.1 Å². The van der Waals surface area contributed by atoms with Crippen molar-refractivity contribution in [3.05, 3.63) is 71.1 Å². The predicted molar refractivity (Wildman–Crippen MR) is 158 cm³/mol. The van der Waals surface area contributed by atoms with Gasteiger partial charge in [0, 0.05) is 43.9 Å². The van der Waals surface area contributed by atoms with Gasteiger partial charge in [-0.2, -0.15) is 0 Å². The molecule has 42 heavy (non-hydrogen) atoms. The van der Waals surface area contributed by atoms with E-state index < -0.39 is 53.9 Å². The standard InChI is InChI=1S/C31H43N3O8/c1-8-12-33-26-21-13-17(2)14-25(41-7)27(36)19(4)15-20(5)29(42-31(32)39)24(40-6)11-9-10-18(3)30(38)34-22(28(21)37)16-23(26)35/h8-11,15-17,19,24-25,27,29,33,36H,1,12-14H2,2-7H3,(H2,32,39)(H,34,38)/b11-9-,18-10-,20-15-/t17-,19-,24-,25-,27+,29-/m1/s1. The highest BCUT2D eigenvalue weighted by molar-refractivity contribution is 6.23. The number of rotatable bonds is 6. The van der Waals surface area contributed by atoms with Crippen LogP contribution in [0.3, 0.4) is 0 Å². The summed E-state index contributed by atoms with van der Waals surface area (Å²) in [7, 11) is 2.92. The Kier molecular flexibility index (Phi) is 13.1. The number of hydrogen-bond donors (Lipinski definition) is 4. The van der Waals surface area contributed by atoms with Gasteiger partial charge in [0.2, 0.25) is 11.6 Å². The Bertz CT molecular complexity index is 1210. The number of hydrogen-bond acceptors (Lipinski definition) is 9. The number of carbonyl (C=O) groups is 4. The number of ketones is 2. The van der Waals surface area contributed by atoms with Crippen molar-refractivity contribution in [3.63, 3.8) is 0 Å². The van der Waals surface area contributed by atoms with Gasteiger partial charge in [-0.05, 0) is 38.2 Å². The molecule has 11 heteroatoms. The molecule has 0 fully saturated rings. The molecule has 0 saturated heterocycles. The average Bonchev–Trinajstić information content (AvgIpc) is 2.94. The smallest absolute Gasteiger partial charge is 0.405 e. The van der Waals surface area contributed by atoms with Gasteiger partial charge < -0.3 is 35.7 Å². The van der Waals surface area contributed by atoms with Crippen LogP contribution in [-0.4, -0.2) is 73.9 Å². The SMILES string of the molecule is C=CCNC1=C2C[C@@H](C)C[C@@H](OC)[C@@H](O)[C@H](C)/C=C(/C)[C@@H](OC(N)=O)[C@H](OC)/C=C\C=C(\C)C(=O)NC(=CC1=O)C2=O. The molecule has 230 valence electrons. The fourth-order valence-electron chi connectivity index (χ4n) is 4.95. The number of fused-ring (bicyclic) bond motifs is 2. The molecule has 0 saturated carbocycles. The number of primary amides is 1. The lowest BCUT2D eigenvalue weighted by Gasteiger charge is -2.30. The molecule has 11 nitrogen and oxygen atoms in total. The molecular formula is C31H43N3O8. The van der Waals surface area contributed by atoms with Crippen LogP contribution in [-0.2, 0) is 28.6 Å². The van der Waals surface area contributed by atoms with Gasteiger partial charge in [0.25, 0.3) is 5.91 Å². The van der Waals surface area contributed by atoms with E-state index >= 15 is 0 Å². The molecule has 1 aliphatic heterocycles. The minimum absolute atomic E-state index is 0.132. The van der Waals surface area contributed by atoms with Crippen molar-refractivity contribution >= 4 is 23.6 Å². The summed E-state index contributed by atoms with van der Waals surface area (Å²) in [6.07, 6.45) is 5.34. The second kappa shape index (κ2) is 16.0. The van der Waals surface area contributed by atoms with Crippen molar-refractivity contribution < 1.29 is 38.5 Å². The van der Waals surface area contributed by atoms with Crippen molar-refractivity contribution in [1.29, 1.82) is 0 Å². The van der Waals surface area contributed by atoms with Crippen LogP contribution < -0.4 is 16.4 Å². The van der Waals surface area contributed by atoms with Crippen LogP contribution in [0.4, 0.5) is 4.79 Å². The summed E-state index contributed by atoms with van der Waals surface area (Å²) in [6.45, 7) is 10.9. The number of Topliss-reactive ketones (excluding diaryl/α,β-unsaturated/α-hetero) is 1. The van der Waals surface area contributed by atoms with E-state index in [9.17, 15) is 24.3 Å². The van der Waals surface area contributed by atoms with Gasteiger partial charge >= 0.3 is 6.09 Å². The van der Waals surface area contributed by atoms with Crippen molar-refractivity contribution in [3.8, 4) is 0 Å². The predicted octanol–water partition coefficient (Wildman–Crippen LogP) is 2.54. The maximum atomic E-state index is 13.5. The van der Waals surface area contributed by atoms with E-state index in [1.807, 2.05) is 6.92 Å². The maximum absolute atomic E-state index is 13.5. The van der Waals surface area contributed by atoms with Gasteiger partial charge in [-0.3, -0.25) is 14.4 Å². The number of amides is 2. The summed E-state index contributed by atoms with van der Waals surface area (Å²) in [5.74, 6) is -2.14. The fourth-order valence-corrected chi connectivity index (χ4v) is 4.95. The zero-order valence-electron chi connectivity index (χ0n) is 25.1. The molecule has 2 rings (SSSR count). The summed E-state index contributed by atoms with van der Waals surface area (Å²) in [5, 5.41) is 16.7. The molecule has 0 unspecified atom stereocenters. The summed E-state index contributed by atoms with van der Waals surface area (Å²) in [4.78, 5) is 51.3. The molecule has 2 aliphatic rings.